The molecule has 0 radical (unpaired) electrons. The summed E-state index contributed by atoms with van der Waals surface area (Å²) in [6.07, 6.45) is 3.30. The van der Waals surface area contributed by atoms with E-state index in [1.165, 1.54) is 13.2 Å². The van der Waals surface area contributed by atoms with Crippen LogP contribution in [0.2, 0.25) is 0 Å². The fourth-order valence-electron chi connectivity index (χ4n) is 3.76. The second-order valence-electron chi connectivity index (χ2n) is 7.63. The summed E-state index contributed by atoms with van der Waals surface area (Å²) in [5.41, 5.74) is 1.29. The second kappa shape index (κ2) is 8.29. The van der Waals surface area contributed by atoms with Crippen LogP contribution in [0.3, 0.4) is 0 Å². The molecular weight excluding hydrogens is 399 g/mol. The van der Waals surface area contributed by atoms with Crippen LogP contribution in [0.1, 0.15) is 23.5 Å². The lowest BCUT2D eigenvalue weighted by Gasteiger charge is -2.19. The summed E-state index contributed by atoms with van der Waals surface area (Å²) in [7, 11) is 1.36. The van der Waals surface area contributed by atoms with Gasteiger partial charge < -0.3 is 14.8 Å². The minimum absolute atomic E-state index is 0.0219. The molecule has 31 heavy (non-hydrogen) atoms. The van der Waals surface area contributed by atoms with Crippen LogP contribution in [0.25, 0.3) is 0 Å². The van der Waals surface area contributed by atoms with E-state index in [-0.39, 0.29) is 23.4 Å². The monoisotopic (exact) mass is 422 g/mol. The molecule has 3 aromatic rings. The highest BCUT2D eigenvalue weighted by atomic mass is 19.1. The fraction of sp³-hybridized carbons (Fsp3) is 0.304. The van der Waals surface area contributed by atoms with E-state index in [2.05, 4.69) is 20.3 Å². The van der Waals surface area contributed by atoms with Crippen molar-refractivity contribution in [3.63, 3.8) is 0 Å². The molecule has 2 heterocycles. The number of amides is 1. The Hall–Kier alpha value is -3.55. The number of methoxy groups -OCH3 is 1. The number of carbonyl (C=O) groups is 1. The fourth-order valence-corrected chi connectivity index (χ4v) is 3.76. The lowest BCUT2D eigenvalue weighted by Crippen LogP contribution is -2.27. The smallest absolute Gasteiger partial charge is 0.229 e. The number of rotatable bonds is 7. The minimum atomic E-state index is -0.588. The van der Waals surface area contributed by atoms with Crippen molar-refractivity contribution in [3.05, 3.63) is 71.7 Å². The van der Waals surface area contributed by atoms with Crippen molar-refractivity contribution >= 4 is 11.7 Å². The van der Waals surface area contributed by atoms with Crippen LogP contribution in [-0.2, 0) is 10.2 Å². The first-order valence-corrected chi connectivity index (χ1v) is 9.92. The molecule has 0 bridgehead atoms. The van der Waals surface area contributed by atoms with Crippen LogP contribution in [0, 0.1) is 25.6 Å². The maximum atomic E-state index is 13.6. The summed E-state index contributed by atoms with van der Waals surface area (Å²) in [6, 6.07) is 11.2. The van der Waals surface area contributed by atoms with Gasteiger partial charge in [0.1, 0.15) is 11.6 Å². The van der Waals surface area contributed by atoms with Gasteiger partial charge in [0.15, 0.2) is 17.3 Å². The van der Waals surface area contributed by atoms with Gasteiger partial charge in [-0.1, -0.05) is 30.3 Å². The van der Waals surface area contributed by atoms with Crippen LogP contribution >= 0.6 is 0 Å². The number of nitrogens with one attached hydrogen (secondary N) is 1. The Kier molecular flexibility index (Phi) is 5.54. The number of hydrogen-bond donors (Lipinski definition) is 1. The van der Waals surface area contributed by atoms with Crippen molar-refractivity contribution in [1.82, 2.24) is 15.0 Å². The van der Waals surface area contributed by atoms with Gasteiger partial charge in [-0.2, -0.15) is 0 Å². The normalized spacial score (nSPS) is 19.5. The highest BCUT2D eigenvalue weighted by Gasteiger charge is 2.60. The third-order valence-electron chi connectivity index (χ3n) is 5.57. The highest BCUT2D eigenvalue weighted by Crippen LogP contribution is 2.55. The Morgan fingerprint density at radius 3 is 2.68 bits per heavy atom. The summed E-state index contributed by atoms with van der Waals surface area (Å²) < 4.78 is 24.6. The number of aryl methyl sites for hydroxylation is 2. The molecule has 0 spiro atoms. The topological polar surface area (TPSA) is 86.2 Å². The van der Waals surface area contributed by atoms with Crippen LogP contribution in [0.5, 0.6) is 11.5 Å². The van der Waals surface area contributed by atoms with Gasteiger partial charge in [-0.15, -0.1) is 0 Å². The molecule has 2 atom stereocenters. The zero-order valence-electron chi connectivity index (χ0n) is 17.6. The van der Waals surface area contributed by atoms with E-state index < -0.39 is 11.2 Å². The number of ether oxygens (including phenoxy) is 2. The third-order valence-corrected chi connectivity index (χ3v) is 5.57. The van der Waals surface area contributed by atoms with E-state index in [0.717, 1.165) is 17.5 Å². The standard InChI is InChI=1S/C23H23FN4O3/c1-14-20(12-25-15(2)27-14)31-13-23(16-7-5-4-6-8-16)10-17(23)22(29)28-21-9-19(30-3)18(24)11-26-21/h4-9,11-12,17H,10,13H2,1-3H3,(H,26,28,29)/t17-,23+/m0/s1. The van der Waals surface area contributed by atoms with Crippen molar-refractivity contribution in [2.24, 2.45) is 5.92 Å². The lowest BCUT2D eigenvalue weighted by molar-refractivity contribution is -0.117. The first-order valence-electron chi connectivity index (χ1n) is 9.92. The number of halogens is 1. The number of benzene rings is 1. The van der Waals surface area contributed by atoms with Crippen LogP contribution in [0.15, 0.2) is 48.8 Å². The van der Waals surface area contributed by atoms with Gasteiger partial charge in [0, 0.05) is 11.5 Å². The van der Waals surface area contributed by atoms with Gasteiger partial charge in [0.2, 0.25) is 5.91 Å². The van der Waals surface area contributed by atoms with Gasteiger partial charge in [-0.05, 0) is 25.8 Å². The molecule has 4 rings (SSSR count). The Morgan fingerprint density at radius 1 is 1.19 bits per heavy atom. The average molecular weight is 422 g/mol. The Balaban J connectivity index is 1.54. The molecule has 2 aromatic heterocycles. The SMILES string of the molecule is COc1cc(NC(=O)[C@@H]2C[C@@]2(COc2cnc(C)nc2C)c2ccccc2)ncc1F. The molecule has 1 aliphatic rings. The molecule has 160 valence electrons. The number of carbonyl (C=O) groups excluding carboxylic acids is 1. The molecule has 1 amide bonds. The van der Waals surface area contributed by atoms with Crippen molar-refractivity contribution < 1.29 is 18.7 Å². The van der Waals surface area contributed by atoms with Crippen LogP contribution < -0.4 is 14.8 Å². The van der Waals surface area contributed by atoms with Gasteiger partial charge in [-0.25, -0.2) is 19.3 Å². The first-order chi connectivity index (χ1) is 14.9. The van der Waals surface area contributed by atoms with Gasteiger partial charge in [-0.3, -0.25) is 4.79 Å². The first kappa shape index (κ1) is 20.7. The number of hydrogen-bond acceptors (Lipinski definition) is 6. The van der Waals surface area contributed by atoms with Crippen molar-refractivity contribution in [1.29, 1.82) is 0 Å². The summed E-state index contributed by atoms with van der Waals surface area (Å²) in [4.78, 5) is 25.5. The number of anilines is 1. The summed E-state index contributed by atoms with van der Waals surface area (Å²) in [5, 5.41) is 2.77. The molecular formula is C23H23FN4O3. The molecule has 0 saturated heterocycles. The number of nitrogens with zero attached hydrogens (tertiary/aromatic N) is 3. The Labute approximate surface area is 179 Å². The third kappa shape index (κ3) is 4.19. The summed E-state index contributed by atoms with van der Waals surface area (Å²) in [6.45, 7) is 3.99. The Bertz CT molecular complexity index is 1110. The number of aromatic nitrogens is 3. The van der Waals surface area contributed by atoms with Crippen LogP contribution in [-0.4, -0.2) is 34.6 Å². The largest absolute Gasteiger partial charge is 0.493 e. The predicted octanol–water partition coefficient (Wildman–Crippen LogP) is 3.61. The van der Waals surface area contributed by atoms with Crippen molar-refractivity contribution in [3.8, 4) is 11.5 Å². The molecule has 1 saturated carbocycles. The summed E-state index contributed by atoms with van der Waals surface area (Å²) >= 11 is 0. The van der Waals surface area contributed by atoms with Crippen molar-refractivity contribution in [2.75, 3.05) is 19.0 Å². The highest BCUT2D eigenvalue weighted by molar-refractivity contribution is 5.95. The second-order valence-corrected chi connectivity index (χ2v) is 7.63. The van der Waals surface area contributed by atoms with Crippen molar-refractivity contribution in [2.45, 2.75) is 25.7 Å². The molecule has 1 aliphatic carbocycles. The summed E-state index contributed by atoms with van der Waals surface area (Å²) in [5.74, 6) is 0.416. The van der Waals surface area contributed by atoms with E-state index in [0.29, 0.717) is 24.6 Å². The molecule has 1 fully saturated rings. The lowest BCUT2D eigenvalue weighted by atomic mass is 9.93. The zero-order chi connectivity index (χ0) is 22.0. The molecule has 1 aromatic carbocycles. The quantitative estimate of drug-likeness (QED) is 0.626. The minimum Gasteiger partial charge on any atom is -0.493 e. The number of pyridine rings is 1. The zero-order valence-corrected chi connectivity index (χ0v) is 17.6. The van der Waals surface area contributed by atoms with Gasteiger partial charge >= 0.3 is 0 Å². The van der Waals surface area contributed by atoms with E-state index in [4.69, 9.17) is 9.47 Å². The van der Waals surface area contributed by atoms with Gasteiger partial charge in [0.25, 0.3) is 0 Å². The molecule has 0 aliphatic heterocycles. The molecule has 8 heteroatoms. The van der Waals surface area contributed by atoms with E-state index >= 15 is 0 Å². The van der Waals surface area contributed by atoms with E-state index in [9.17, 15) is 9.18 Å². The molecule has 0 unspecified atom stereocenters. The molecule has 1 N–H and O–H groups in total. The van der Waals surface area contributed by atoms with Gasteiger partial charge in [0.05, 0.1) is 37.7 Å². The predicted molar refractivity (Wildman–Crippen MR) is 113 cm³/mol. The maximum absolute atomic E-state index is 13.6. The Morgan fingerprint density at radius 2 is 1.97 bits per heavy atom. The average Bonchev–Trinajstić information content (AvgIpc) is 3.51. The maximum Gasteiger partial charge on any atom is 0.229 e. The van der Waals surface area contributed by atoms with E-state index in [1.54, 1.807) is 6.20 Å². The van der Waals surface area contributed by atoms with E-state index in [1.807, 2.05) is 44.2 Å². The van der Waals surface area contributed by atoms with Crippen LogP contribution in [0.4, 0.5) is 10.2 Å². The molecule has 7 nitrogen and oxygen atoms in total.